The third-order valence-corrected chi connectivity index (χ3v) is 10.8. The molecule has 1 heteroatoms. The van der Waals surface area contributed by atoms with Crippen molar-refractivity contribution in [3.05, 3.63) is 224 Å². The van der Waals surface area contributed by atoms with Crippen molar-refractivity contribution >= 4 is 49.4 Å². The average molecular weight is 700 g/mol. The molecule has 0 atom stereocenters. The number of rotatable bonds is 7. The molecule has 0 aromatic heterocycles. The van der Waals surface area contributed by atoms with Crippen molar-refractivity contribution in [3.8, 4) is 44.5 Å². The first-order valence-electron chi connectivity index (χ1n) is 18.9. The van der Waals surface area contributed by atoms with Crippen molar-refractivity contribution in [1.82, 2.24) is 0 Å². The van der Waals surface area contributed by atoms with E-state index in [1.807, 2.05) is 0 Å². The monoisotopic (exact) mass is 699 g/mol. The molecule has 0 saturated carbocycles. The zero-order valence-electron chi connectivity index (χ0n) is 30.3. The molecule has 0 N–H and O–H groups in total. The van der Waals surface area contributed by atoms with E-state index in [-0.39, 0.29) is 0 Å². The second-order valence-electron chi connectivity index (χ2n) is 14.1. The quantitative estimate of drug-likeness (QED) is 0.150. The Morgan fingerprint density at radius 1 is 0.236 bits per heavy atom. The minimum atomic E-state index is 1.10. The van der Waals surface area contributed by atoms with Gasteiger partial charge in [0.15, 0.2) is 0 Å². The first kappa shape index (κ1) is 32.4. The number of anilines is 3. The second-order valence-corrected chi connectivity index (χ2v) is 14.1. The summed E-state index contributed by atoms with van der Waals surface area (Å²) in [6.45, 7) is 0. The predicted molar refractivity (Wildman–Crippen MR) is 235 cm³/mol. The topological polar surface area (TPSA) is 3.24 Å². The summed E-state index contributed by atoms with van der Waals surface area (Å²) in [4.78, 5) is 2.44. The van der Waals surface area contributed by atoms with Crippen molar-refractivity contribution < 1.29 is 0 Å². The fourth-order valence-corrected chi connectivity index (χ4v) is 8.19. The van der Waals surface area contributed by atoms with Crippen LogP contribution >= 0.6 is 0 Å². The Hall–Kier alpha value is -7.22. The third kappa shape index (κ3) is 6.02. The number of nitrogens with zero attached hydrogens (tertiary/aromatic N) is 1. The van der Waals surface area contributed by atoms with E-state index in [1.54, 1.807) is 0 Å². The Balaban J connectivity index is 1.17. The standard InChI is InChI=1S/C54H37N/c1-3-15-38(16-4-1)42-31-34-50(53(36-42)40-17-5-2-6-18-40)43-22-13-23-46(35-43)55(54-37-44-20-8-10-25-49(44)51-26-11-12-27-52(51)54)45-32-29-41(30-33-45)48-28-14-21-39-19-7-9-24-47(39)48/h1-37H. The molecule has 0 aliphatic carbocycles. The molecule has 0 unspecified atom stereocenters. The summed E-state index contributed by atoms with van der Waals surface area (Å²) in [7, 11) is 0. The van der Waals surface area contributed by atoms with Gasteiger partial charge >= 0.3 is 0 Å². The molecule has 0 aliphatic rings. The minimum Gasteiger partial charge on any atom is -0.310 e. The van der Waals surface area contributed by atoms with E-state index < -0.39 is 0 Å². The fraction of sp³-hybridized carbons (Fsp3) is 0. The summed E-state index contributed by atoms with van der Waals surface area (Å²) in [6.07, 6.45) is 0. The highest BCUT2D eigenvalue weighted by atomic mass is 15.1. The van der Waals surface area contributed by atoms with E-state index in [1.165, 1.54) is 76.8 Å². The normalized spacial score (nSPS) is 11.3. The van der Waals surface area contributed by atoms with Gasteiger partial charge in [0.2, 0.25) is 0 Å². The number of benzene rings is 10. The second kappa shape index (κ2) is 14.0. The van der Waals surface area contributed by atoms with E-state index in [2.05, 4.69) is 229 Å². The van der Waals surface area contributed by atoms with Crippen LogP contribution in [-0.2, 0) is 0 Å². The SMILES string of the molecule is c1ccc(-c2ccc(-c3cccc(N(c4ccc(-c5cccc6ccccc56)cc4)c4cc5ccccc5c5ccccc45)c3)c(-c3ccccc3)c2)cc1. The Bertz CT molecular complexity index is 2960. The fourth-order valence-electron chi connectivity index (χ4n) is 8.19. The largest absolute Gasteiger partial charge is 0.310 e. The van der Waals surface area contributed by atoms with Gasteiger partial charge in [0.1, 0.15) is 0 Å². The molecule has 0 bridgehead atoms. The molecule has 0 fully saturated rings. The minimum absolute atomic E-state index is 1.10. The van der Waals surface area contributed by atoms with Gasteiger partial charge in [0.05, 0.1) is 5.69 Å². The molecule has 10 aromatic carbocycles. The van der Waals surface area contributed by atoms with Crippen LogP contribution in [0.4, 0.5) is 17.1 Å². The smallest absolute Gasteiger partial charge is 0.0546 e. The molecule has 10 rings (SSSR count). The lowest BCUT2D eigenvalue weighted by Crippen LogP contribution is -2.11. The zero-order chi connectivity index (χ0) is 36.6. The van der Waals surface area contributed by atoms with Gasteiger partial charge in [0, 0.05) is 16.8 Å². The van der Waals surface area contributed by atoms with Crippen molar-refractivity contribution in [2.75, 3.05) is 4.90 Å². The molecule has 10 aromatic rings. The molecule has 55 heavy (non-hydrogen) atoms. The van der Waals surface area contributed by atoms with Crippen LogP contribution < -0.4 is 4.90 Å². The van der Waals surface area contributed by atoms with Crippen LogP contribution in [0.25, 0.3) is 76.8 Å². The molecule has 1 nitrogen and oxygen atoms in total. The Kier molecular flexibility index (Phi) is 8.24. The highest BCUT2D eigenvalue weighted by Gasteiger charge is 2.19. The van der Waals surface area contributed by atoms with Crippen LogP contribution in [0.15, 0.2) is 224 Å². The summed E-state index contributed by atoms with van der Waals surface area (Å²) in [5, 5.41) is 7.43. The molecule has 0 saturated heterocycles. The van der Waals surface area contributed by atoms with E-state index in [0.717, 1.165) is 17.1 Å². The molecule has 0 heterocycles. The highest BCUT2D eigenvalue weighted by molar-refractivity contribution is 6.14. The third-order valence-electron chi connectivity index (χ3n) is 10.8. The van der Waals surface area contributed by atoms with Crippen molar-refractivity contribution in [1.29, 1.82) is 0 Å². The Labute approximate surface area is 322 Å². The number of hydrogen-bond donors (Lipinski definition) is 0. The highest BCUT2D eigenvalue weighted by Crippen LogP contribution is 2.44. The van der Waals surface area contributed by atoms with Gasteiger partial charge in [-0.25, -0.2) is 0 Å². The maximum Gasteiger partial charge on any atom is 0.0546 e. The van der Waals surface area contributed by atoms with Crippen LogP contribution in [-0.4, -0.2) is 0 Å². The van der Waals surface area contributed by atoms with Crippen molar-refractivity contribution in [2.24, 2.45) is 0 Å². The van der Waals surface area contributed by atoms with E-state index in [0.29, 0.717) is 0 Å². The lowest BCUT2D eigenvalue weighted by Gasteiger charge is -2.28. The molecular weight excluding hydrogens is 663 g/mol. The molecule has 0 amide bonds. The van der Waals surface area contributed by atoms with Crippen molar-refractivity contribution in [2.45, 2.75) is 0 Å². The summed E-state index contributed by atoms with van der Waals surface area (Å²) < 4.78 is 0. The van der Waals surface area contributed by atoms with Gasteiger partial charge in [-0.3, -0.25) is 0 Å². The molecule has 0 aliphatic heterocycles. The number of hydrogen-bond acceptors (Lipinski definition) is 1. The Morgan fingerprint density at radius 2 is 0.800 bits per heavy atom. The van der Waals surface area contributed by atoms with Gasteiger partial charge in [-0.05, 0) is 108 Å². The zero-order valence-corrected chi connectivity index (χ0v) is 30.3. The van der Waals surface area contributed by atoms with Crippen LogP contribution in [0.5, 0.6) is 0 Å². The van der Waals surface area contributed by atoms with E-state index >= 15 is 0 Å². The van der Waals surface area contributed by atoms with E-state index in [4.69, 9.17) is 0 Å². The van der Waals surface area contributed by atoms with Crippen LogP contribution in [0.3, 0.4) is 0 Å². The van der Waals surface area contributed by atoms with Crippen LogP contribution in [0.1, 0.15) is 0 Å². The summed E-state index contributed by atoms with van der Waals surface area (Å²) in [5.41, 5.74) is 13.0. The van der Waals surface area contributed by atoms with Gasteiger partial charge in [-0.1, -0.05) is 188 Å². The Morgan fingerprint density at radius 3 is 1.58 bits per heavy atom. The summed E-state index contributed by atoms with van der Waals surface area (Å²) in [5.74, 6) is 0. The van der Waals surface area contributed by atoms with Gasteiger partial charge in [-0.15, -0.1) is 0 Å². The molecular formula is C54H37N. The van der Waals surface area contributed by atoms with Crippen LogP contribution in [0.2, 0.25) is 0 Å². The van der Waals surface area contributed by atoms with Gasteiger partial charge < -0.3 is 4.90 Å². The maximum absolute atomic E-state index is 2.44. The number of fused-ring (bicyclic) bond motifs is 4. The molecule has 0 spiro atoms. The maximum atomic E-state index is 2.44. The average Bonchev–Trinajstić information content (AvgIpc) is 3.27. The summed E-state index contributed by atoms with van der Waals surface area (Å²) >= 11 is 0. The predicted octanol–water partition coefficient (Wildman–Crippen LogP) is 15.3. The van der Waals surface area contributed by atoms with E-state index in [9.17, 15) is 0 Å². The van der Waals surface area contributed by atoms with Crippen molar-refractivity contribution in [3.63, 3.8) is 0 Å². The first-order valence-corrected chi connectivity index (χ1v) is 18.9. The van der Waals surface area contributed by atoms with Crippen LogP contribution in [0, 0.1) is 0 Å². The first-order chi connectivity index (χ1) is 27.3. The molecule has 258 valence electrons. The van der Waals surface area contributed by atoms with Gasteiger partial charge in [0.25, 0.3) is 0 Å². The van der Waals surface area contributed by atoms with Gasteiger partial charge in [-0.2, -0.15) is 0 Å². The lowest BCUT2D eigenvalue weighted by atomic mass is 9.90. The molecule has 0 radical (unpaired) electrons. The summed E-state index contributed by atoms with van der Waals surface area (Å²) in [6, 6.07) is 81.5. The lowest BCUT2D eigenvalue weighted by molar-refractivity contribution is 1.30.